The third-order valence-electron chi connectivity index (χ3n) is 3.88. The number of nitrogens with zero attached hydrogens (tertiary/aromatic N) is 2. The van der Waals surface area contributed by atoms with E-state index in [1.807, 2.05) is 26.0 Å². The van der Waals surface area contributed by atoms with Crippen LogP contribution in [0, 0.1) is 20.8 Å². The zero-order chi connectivity index (χ0) is 18.8. The summed E-state index contributed by atoms with van der Waals surface area (Å²) < 4.78 is 5.76. The lowest BCUT2D eigenvalue weighted by molar-refractivity contribution is 0.307. The van der Waals surface area contributed by atoms with E-state index in [0.29, 0.717) is 6.54 Å². The fraction of sp³-hybridized carbons (Fsp3) is 0.500. The third-order valence-corrected chi connectivity index (χ3v) is 4.94. The summed E-state index contributed by atoms with van der Waals surface area (Å²) in [6.07, 6.45) is 2.04. The van der Waals surface area contributed by atoms with E-state index in [1.165, 1.54) is 10.4 Å². The lowest BCUT2D eigenvalue weighted by atomic mass is 10.2. The van der Waals surface area contributed by atoms with Gasteiger partial charge in [-0.2, -0.15) is 0 Å². The highest BCUT2D eigenvalue weighted by Gasteiger charge is 2.04. The first kappa shape index (κ1) is 20.2. The van der Waals surface area contributed by atoms with E-state index in [4.69, 9.17) is 4.74 Å². The molecule has 0 spiro atoms. The molecule has 2 aromatic rings. The summed E-state index contributed by atoms with van der Waals surface area (Å²) in [4.78, 5) is 10.3. The highest BCUT2D eigenvalue weighted by atomic mass is 32.1. The number of guanidine groups is 1. The quantitative estimate of drug-likeness (QED) is 0.396. The van der Waals surface area contributed by atoms with Crippen LogP contribution < -0.4 is 15.4 Å². The molecule has 2 rings (SSSR count). The summed E-state index contributed by atoms with van der Waals surface area (Å²) in [5, 5.41) is 7.78. The van der Waals surface area contributed by atoms with Gasteiger partial charge < -0.3 is 15.4 Å². The fourth-order valence-corrected chi connectivity index (χ4v) is 3.33. The molecule has 0 aliphatic rings. The first-order chi connectivity index (χ1) is 12.6. The molecule has 1 aromatic carbocycles. The van der Waals surface area contributed by atoms with Crippen molar-refractivity contribution in [2.75, 3.05) is 19.7 Å². The molecule has 1 aromatic heterocycles. The molecule has 0 atom stereocenters. The van der Waals surface area contributed by atoms with Gasteiger partial charge in [-0.05, 0) is 52.7 Å². The van der Waals surface area contributed by atoms with Gasteiger partial charge in [0, 0.05) is 18.0 Å². The monoisotopic (exact) mass is 374 g/mol. The van der Waals surface area contributed by atoms with Gasteiger partial charge in [-0.1, -0.05) is 17.7 Å². The molecule has 0 aliphatic heterocycles. The van der Waals surface area contributed by atoms with Crippen LogP contribution in [0.1, 0.15) is 40.9 Å². The van der Waals surface area contributed by atoms with Crippen molar-refractivity contribution in [2.24, 2.45) is 4.99 Å². The van der Waals surface area contributed by atoms with Crippen molar-refractivity contribution in [3.8, 4) is 5.75 Å². The largest absolute Gasteiger partial charge is 0.494 e. The number of aromatic nitrogens is 1. The summed E-state index contributed by atoms with van der Waals surface area (Å²) in [6.45, 7) is 11.4. The predicted octanol–water partition coefficient (Wildman–Crippen LogP) is 3.98. The standard InChI is InChI=1S/C20H30N4OS/c1-5-21-20(23-14-19-16(3)24-17(4)26-19)22-12-6-7-13-25-18-10-8-15(2)9-11-18/h8-11H,5-7,12-14H2,1-4H3,(H2,21,22,23). The van der Waals surface area contributed by atoms with Crippen LogP contribution in [-0.4, -0.2) is 30.6 Å². The van der Waals surface area contributed by atoms with Crippen LogP contribution in [0.4, 0.5) is 0 Å². The fourth-order valence-electron chi connectivity index (χ4n) is 2.47. The smallest absolute Gasteiger partial charge is 0.191 e. The molecule has 0 bridgehead atoms. The number of thiazole rings is 1. The van der Waals surface area contributed by atoms with Crippen LogP contribution in [0.5, 0.6) is 5.75 Å². The van der Waals surface area contributed by atoms with Gasteiger partial charge in [0.1, 0.15) is 5.75 Å². The van der Waals surface area contributed by atoms with Crippen LogP contribution in [0.25, 0.3) is 0 Å². The molecular weight excluding hydrogens is 344 g/mol. The van der Waals surface area contributed by atoms with E-state index in [-0.39, 0.29) is 0 Å². The topological polar surface area (TPSA) is 58.5 Å². The Balaban J connectivity index is 1.68. The summed E-state index contributed by atoms with van der Waals surface area (Å²) in [7, 11) is 0. The molecule has 5 nitrogen and oxygen atoms in total. The van der Waals surface area contributed by atoms with E-state index in [0.717, 1.165) is 54.9 Å². The van der Waals surface area contributed by atoms with Gasteiger partial charge in [-0.3, -0.25) is 0 Å². The molecule has 6 heteroatoms. The Kier molecular flexibility index (Phi) is 8.41. The van der Waals surface area contributed by atoms with E-state index in [9.17, 15) is 0 Å². The van der Waals surface area contributed by atoms with Crippen LogP contribution in [0.2, 0.25) is 0 Å². The molecule has 0 amide bonds. The minimum atomic E-state index is 0.670. The molecular formula is C20H30N4OS. The van der Waals surface area contributed by atoms with Crippen LogP contribution in [-0.2, 0) is 6.54 Å². The molecule has 0 fully saturated rings. The average molecular weight is 375 g/mol. The number of benzene rings is 1. The molecule has 0 saturated carbocycles. The first-order valence-electron chi connectivity index (χ1n) is 9.23. The van der Waals surface area contributed by atoms with Gasteiger partial charge in [-0.15, -0.1) is 11.3 Å². The zero-order valence-corrected chi connectivity index (χ0v) is 17.1. The van der Waals surface area contributed by atoms with Crippen molar-refractivity contribution in [1.82, 2.24) is 15.6 Å². The Morgan fingerprint density at radius 1 is 1.12 bits per heavy atom. The number of rotatable bonds is 9. The zero-order valence-electron chi connectivity index (χ0n) is 16.3. The SMILES string of the molecule is CCNC(=NCc1sc(C)nc1C)NCCCCOc1ccc(C)cc1. The minimum Gasteiger partial charge on any atom is -0.494 e. The third kappa shape index (κ3) is 7.04. The average Bonchev–Trinajstić information content (AvgIpc) is 2.94. The lowest BCUT2D eigenvalue weighted by Gasteiger charge is -2.11. The summed E-state index contributed by atoms with van der Waals surface area (Å²) in [5.41, 5.74) is 2.33. The number of aliphatic imine (C=N–C) groups is 1. The molecule has 1 heterocycles. The van der Waals surface area contributed by atoms with Crippen molar-refractivity contribution in [3.63, 3.8) is 0 Å². The Hall–Kier alpha value is -2.08. The number of ether oxygens (including phenoxy) is 1. The molecule has 0 unspecified atom stereocenters. The second-order valence-electron chi connectivity index (χ2n) is 6.23. The van der Waals surface area contributed by atoms with E-state index >= 15 is 0 Å². The minimum absolute atomic E-state index is 0.670. The summed E-state index contributed by atoms with van der Waals surface area (Å²) >= 11 is 1.72. The van der Waals surface area contributed by atoms with Crippen molar-refractivity contribution in [2.45, 2.75) is 47.1 Å². The Morgan fingerprint density at radius 2 is 1.88 bits per heavy atom. The van der Waals surface area contributed by atoms with Crippen LogP contribution >= 0.6 is 11.3 Å². The maximum Gasteiger partial charge on any atom is 0.191 e. The van der Waals surface area contributed by atoms with E-state index in [2.05, 4.69) is 46.6 Å². The van der Waals surface area contributed by atoms with Gasteiger partial charge in [-0.25, -0.2) is 9.98 Å². The number of unbranched alkanes of at least 4 members (excludes halogenated alkanes) is 1. The molecule has 2 N–H and O–H groups in total. The molecule has 26 heavy (non-hydrogen) atoms. The first-order valence-corrected chi connectivity index (χ1v) is 10.0. The van der Waals surface area contributed by atoms with E-state index < -0.39 is 0 Å². The predicted molar refractivity (Wildman–Crippen MR) is 110 cm³/mol. The highest BCUT2D eigenvalue weighted by molar-refractivity contribution is 7.11. The number of nitrogens with one attached hydrogen (secondary N) is 2. The van der Waals surface area contributed by atoms with Gasteiger partial charge in [0.15, 0.2) is 5.96 Å². The highest BCUT2D eigenvalue weighted by Crippen LogP contribution is 2.17. The van der Waals surface area contributed by atoms with Crippen molar-refractivity contribution in [1.29, 1.82) is 0 Å². The molecule has 0 saturated heterocycles. The normalized spacial score (nSPS) is 11.5. The maximum absolute atomic E-state index is 5.76. The Bertz CT molecular complexity index is 694. The number of hydrogen-bond acceptors (Lipinski definition) is 4. The van der Waals surface area contributed by atoms with Gasteiger partial charge in [0.05, 0.1) is 23.9 Å². The number of aryl methyl sites for hydroxylation is 3. The van der Waals surface area contributed by atoms with E-state index in [1.54, 1.807) is 11.3 Å². The number of hydrogen-bond donors (Lipinski definition) is 2. The van der Waals surface area contributed by atoms with Crippen molar-refractivity contribution in [3.05, 3.63) is 45.4 Å². The van der Waals surface area contributed by atoms with Crippen LogP contribution in [0.3, 0.4) is 0 Å². The summed E-state index contributed by atoms with van der Waals surface area (Å²) in [5.74, 6) is 1.80. The molecule has 0 aliphatic carbocycles. The Morgan fingerprint density at radius 3 is 2.54 bits per heavy atom. The van der Waals surface area contributed by atoms with Gasteiger partial charge >= 0.3 is 0 Å². The molecule has 0 radical (unpaired) electrons. The maximum atomic E-state index is 5.76. The van der Waals surface area contributed by atoms with Gasteiger partial charge in [0.2, 0.25) is 0 Å². The van der Waals surface area contributed by atoms with Crippen molar-refractivity contribution < 1.29 is 4.74 Å². The lowest BCUT2D eigenvalue weighted by Crippen LogP contribution is -2.37. The van der Waals surface area contributed by atoms with Gasteiger partial charge in [0.25, 0.3) is 0 Å². The molecule has 142 valence electrons. The van der Waals surface area contributed by atoms with Crippen molar-refractivity contribution >= 4 is 17.3 Å². The Labute approximate surface area is 160 Å². The van der Waals surface area contributed by atoms with Crippen LogP contribution in [0.15, 0.2) is 29.3 Å². The second kappa shape index (κ2) is 10.8. The summed E-state index contributed by atoms with van der Waals surface area (Å²) in [6, 6.07) is 8.18. The second-order valence-corrected chi connectivity index (χ2v) is 7.52.